The van der Waals surface area contributed by atoms with E-state index in [-0.39, 0.29) is 46.4 Å². The zero-order valence-corrected chi connectivity index (χ0v) is 19.3. The molecule has 0 aliphatic carbocycles. The quantitative estimate of drug-likeness (QED) is 0.325. The Morgan fingerprint density at radius 2 is 1.76 bits per heavy atom. The Morgan fingerprint density at radius 3 is 2.39 bits per heavy atom. The second-order valence-electron chi connectivity index (χ2n) is 7.25. The number of hydrogen-bond donors (Lipinski definition) is 1. The summed E-state index contributed by atoms with van der Waals surface area (Å²) >= 11 is 17.5. The first kappa shape index (κ1) is 25.0. The minimum Gasteiger partial charge on any atom is -0.454 e. The van der Waals surface area contributed by atoms with Crippen LogP contribution in [0.3, 0.4) is 0 Å². The predicted octanol–water partition coefficient (Wildman–Crippen LogP) is 4.05. The Hall–Kier alpha value is -2.68. The molecule has 1 N–H and O–H groups in total. The van der Waals surface area contributed by atoms with Crippen LogP contribution in [-0.2, 0) is 14.3 Å². The molecule has 0 bridgehead atoms. The Bertz CT molecular complexity index is 1080. The molecule has 2 amide bonds. The third kappa shape index (κ3) is 6.22. The van der Waals surface area contributed by atoms with Gasteiger partial charge in [-0.1, -0.05) is 23.2 Å². The third-order valence-electron chi connectivity index (χ3n) is 4.93. The average molecular weight is 516 g/mol. The molecule has 1 fully saturated rings. The number of carbonyl (C=O) groups is 4. The van der Waals surface area contributed by atoms with Gasteiger partial charge < -0.3 is 4.74 Å². The highest BCUT2D eigenvalue weighted by atomic mass is 35.5. The van der Waals surface area contributed by atoms with E-state index in [9.17, 15) is 23.6 Å². The molecule has 1 saturated heterocycles. The number of hydrogen-bond acceptors (Lipinski definition) is 5. The molecule has 0 spiro atoms. The summed E-state index contributed by atoms with van der Waals surface area (Å²) in [5.41, 5.74) is 2.76. The van der Waals surface area contributed by atoms with Crippen LogP contribution in [0.4, 0.5) is 4.39 Å². The van der Waals surface area contributed by atoms with Crippen LogP contribution in [0.1, 0.15) is 33.6 Å². The second kappa shape index (κ2) is 11.0. The van der Waals surface area contributed by atoms with E-state index in [0.717, 1.165) is 17.1 Å². The lowest BCUT2D eigenvalue weighted by molar-refractivity contribution is -0.151. The summed E-state index contributed by atoms with van der Waals surface area (Å²) in [5, 5.41) is 1.46. The molecule has 33 heavy (non-hydrogen) atoms. The Balaban J connectivity index is 1.63. The Morgan fingerprint density at radius 1 is 1.09 bits per heavy atom. The van der Waals surface area contributed by atoms with Crippen LogP contribution in [0.5, 0.6) is 0 Å². The van der Waals surface area contributed by atoms with Crippen molar-refractivity contribution in [1.82, 2.24) is 10.4 Å². The number of nitrogens with zero attached hydrogens (tertiary/aromatic N) is 1. The molecular weight excluding hydrogens is 498 g/mol. The lowest BCUT2D eigenvalue weighted by Gasteiger charge is -2.20. The van der Waals surface area contributed by atoms with Gasteiger partial charge in [0.1, 0.15) is 5.82 Å². The first-order valence-corrected chi connectivity index (χ1v) is 11.1. The standard InChI is InChI=1S/C22H18Cl3FN2O5/c23-8-7-18(20(30)12-1-4-15(26)5-2-12)33-22(32)14-10-19(29)28(11-14)27-21(31)13-3-6-16(24)17(25)9-13/h1-6,9,14,18H,7-8,10-11H2,(H,27,31)/t14-,18-/m0/s1. The van der Waals surface area contributed by atoms with Gasteiger partial charge in [0.25, 0.3) is 5.91 Å². The van der Waals surface area contributed by atoms with E-state index >= 15 is 0 Å². The van der Waals surface area contributed by atoms with Gasteiger partial charge in [0.2, 0.25) is 11.7 Å². The fourth-order valence-electron chi connectivity index (χ4n) is 3.18. The van der Waals surface area contributed by atoms with Gasteiger partial charge in [-0.2, -0.15) is 0 Å². The number of ether oxygens (including phenoxy) is 1. The van der Waals surface area contributed by atoms with Crippen LogP contribution in [-0.4, -0.2) is 47.1 Å². The molecule has 0 unspecified atom stereocenters. The van der Waals surface area contributed by atoms with Crippen molar-refractivity contribution < 1.29 is 28.3 Å². The monoisotopic (exact) mass is 514 g/mol. The van der Waals surface area contributed by atoms with Gasteiger partial charge >= 0.3 is 5.97 Å². The van der Waals surface area contributed by atoms with Gasteiger partial charge in [-0.3, -0.25) is 29.6 Å². The number of rotatable bonds is 8. The van der Waals surface area contributed by atoms with E-state index in [2.05, 4.69) is 5.43 Å². The normalized spacial score (nSPS) is 16.4. The van der Waals surface area contributed by atoms with Gasteiger partial charge in [-0.05, 0) is 42.5 Å². The van der Waals surface area contributed by atoms with Crippen molar-refractivity contribution in [3.8, 4) is 0 Å². The Labute approximate surface area is 203 Å². The summed E-state index contributed by atoms with van der Waals surface area (Å²) < 4.78 is 18.5. The number of nitrogens with one attached hydrogen (secondary N) is 1. The molecule has 0 aromatic heterocycles. The Kier molecular flexibility index (Phi) is 8.29. The summed E-state index contributed by atoms with van der Waals surface area (Å²) in [4.78, 5) is 50.0. The molecule has 1 heterocycles. The molecule has 3 rings (SSSR count). The highest BCUT2D eigenvalue weighted by Crippen LogP contribution is 2.24. The van der Waals surface area contributed by atoms with Crippen LogP contribution < -0.4 is 5.43 Å². The zero-order valence-electron chi connectivity index (χ0n) is 17.0. The first-order valence-electron chi connectivity index (χ1n) is 9.82. The molecule has 2 aromatic rings. The largest absolute Gasteiger partial charge is 0.454 e. The topological polar surface area (TPSA) is 92.8 Å². The third-order valence-corrected chi connectivity index (χ3v) is 5.88. The van der Waals surface area contributed by atoms with Gasteiger partial charge in [0.05, 0.1) is 22.5 Å². The van der Waals surface area contributed by atoms with Crippen molar-refractivity contribution in [2.45, 2.75) is 18.9 Å². The summed E-state index contributed by atoms with van der Waals surface area (Å²) in [7, 11) is 0. The highest BCUT2D eigenvalue weighted by molar-refractivity contribution is 6.42. The van der Waals surface area contributed by atoms with Gasteiger partial charge in [-0.15, -0.1) is 11.6 Å². The lowest BCUT2D eigenvalue weighted by atomic mass is 10.0. The SMILES string of the molecule is O=C(NN1C[C@@H](C(=O)O[C@@H](CCCl)C(=O)c2ccc(F)cc2)CC1=O)c1ccc(Cl)c(Cl)c1. The number of amides is 2. The van der Waals surface area contributed by atoms with Crippen molar-refractivity contribution >= 4 is 58.4 Å². The molecular formula is C22H18Cl3FN2O5. The lowest BCUT2D eigenvalue weighted by Crippen LogP contribution is -2.43. The summed E-state index contributed by atoms with van der Waals surface area (Å²) in [6.07, 6.45) is -1.35. The summed E-state index contributed by atoms with van der Waals surface area (Å²) in [5.74, 6) is -3.78. The molecule has 0 radical (unpaired) electrons. The zero-order chi connectivity index (χ0) is 24.1. The van der Waals surface area contributed by atoms with Crippen LogP contribution in [0.2, 0.25) is 10.0 Å². The van der Waals surface area contributed by atoms with Gasteiger partial charge in [-0.25, -0.2) is 4.39 Å². The van der Waals surface area contributed by atoms with Crippen LogP contribution in [0, 0.1) is 11.7 Å². The number of carbonyl (C=O) groups excluding carboxylic acids is 4. The minimum absolute atomic E-state index is 0.0420. The molecule has 2 atom stereocenters. The average Bonchev–Trinajstić information content (AvgIpc) is 3.15. The van der Waals surface area contributed by atoms with Crippen LogP contribution >= 0.6 is 34.8 Å². The van der Waals surface area contributed by atoms with Crippen molar-refractivity contribution in [1.29, 1.82) is 0 Å². The number of hydrazine groups is 1. The molecule has 7 nitrogen and oxygen atoms in total. The summed E-state index contributed by atoms with van der Waals surface area (Å²) in [6, 6.07) is 9.04. The van der Waals surface area contributed by atoms with E-state index < -0.39 is 41.4 Å². The van der Waals surface area contributed by atoms with E-state index in [1.165, 1.54) is 30.3 Å². The smallest absolute Gasteiger partial charge is 0.312 e. The second-order valence-corrected chi connectivity index (χ2v) is 8.44. The van der Waals surface area contributed by atoms with E-state index in [1.54, 1.807) is 0 Å². The molecule has 11 heteroatoms. The van der Waals surface area contributed by atoms with Crippen molar-refractivity contribution in [2.24, 2.45) is 5.92 Å². The van der Waals surface area contributed by atoms with Crippen LogP contribution in [0.15, 0.2) is 42.5 Å². The number of alkyl halides is 1. The molecule has 1 aliphatic heterocycles. The number of Topliss-reactive ketones (excluding diaryl/α,β-unsaturated/α-hetero) is 1. The maximum absolute atomic E-state index is 13.1. The van der Waals surface area contributed by atoms with Crippen molar-refractivity contribution in [3.05, 3.63) is 69.5 Å². The number of ketones is 1. The fourth-order valence-corrected chi connectivity index (χ4v) is 3.67. The molecule has 1 aliphatic rings. The highest BCUT2D eigenvalue weighted by Gasteiger charge is 2.38. The molecule has 0 saturated carbocycles. The molecule has 2 aromatic carbocycles. The fraction of sp³-hybridized carbons (Fsp3) is 0.273. The maximum atomic E-state index is 13.1. The van der Waals surface area contributed by atoms with Gasteiger partial charge in [0.15, 0.2) is 6.10 Å². The van der Waals surface area contributed by atoms with Crippen LogP contribution in [0.25, 0.3) is 0 Å². The number of halogens is 4. The van der Waals surface area contributed by atoms with E-state index in [4.69, 9.17) is 39.5 Å². The molecule has 174 valence electrons. The predicted molar refractivity (Wildman–Crippen MR) is 120 cm³/mol. The number of benzene rings is 2. The van der Waals surface area contributed by atoms with E-state index in [1.807, 2.05) is 0 Å². The minimum atomic E-state index is -1.18. The van der Waals surface area contributed by atoms with Crippen molar-refractivity contribution in [2.75, 3.05) is 12.4 Å². The van der Waals surface area contributed by atoms with Crippen molar-refractivity contribution in [3.63, 3.8) is 0 Å². The maximum Gasteiger partial charge on any atom is 0.312 e. The van der Waals surface area contributed by atoms with E-state index in [0.29, 0.717) is 0 Å². The first-order chi connectivity index (χ1) is 15.7. The number of esters is 1. The van der Waals surface area contributed by atoms with Gasteiger partial charge in [0, 0.05) is 29.8 Å². The summed E-state index contributed by atoms with van der Waals surface area (Å²) in [6.45, 7) is -0.136.